The lowest BCUT2D eigenvalue weighted by Gasteiger charge is -2.04. The van der Waals surface area contributed by atoms with Gasteiger partial charge in [-0.3, -0.25) is 0 Å². The van der Waals surface area contributed by atoms with Crippen molar-refractivity contribution in [3.8, 4) is 0 Å². The second-order valence-corrected chi connectivity index (χ2v) is 5.74. The Morgan fingerprint density at radius 3 is 2.07 bits per heavy atom. The van der Waals surface area contributed by atoms with E-state index in [1.54, 1.807) is 0 Å². The topological polar surface area (TPSA) is 58.2 Å². The van der Waals surface area contributed by atoms with Gasteiger partial charge in [0, 0.05) is 12.8 Å². The smallest absolute Gasteiger partial charge is 0.148 e. The quantitative estimate of drug-likeness (QED) is 0.540. The average molecular weight is 222 g/mol. The van der Waals surface area contributed by atoms with Gasteiger partial charge in [0.25, 0.3) is 0 Å². The van der Waals surface area contributed by atoms with Gasteiger partial charge in [-0.2, -0.15) is 0 Å². The predicted molar refractivity (Wildman–Crippen MR) is 60.4 cm³/mol. The lowest BCUT2D eigenvalue weighted by Crippen LogP contribution is -2.26. The van der Waals surface area contributed by atoms with Crippen LogP contribution in [0.25, 0.3) is 0 Å². The van der Waals surface area contributed by atoms with Crippen molar-refractivity contribution in [2.45, 2.75) is 19.8 Å². The summed E-state index contributed by atoms with van der Waals surface area (Å²) in [4.78, 5) is 0. The third kappa shape index (κ3) is 11.9. The Kier molecular flexibility index (Phi) is 8.12. The van der Waals surface area contributed by atoms with Gasteiger partial charge in [-0.1, -0.05) is 6.92 Å². The van der Waals surface area contributed by atoms with E-state index in [0.717, 1.165) is 32.5 Å². The fourth-order valence-electron chi connectivity index (χ4n) is 1.02. The minimum Gasteiger partial charge on any atom is -0.317 e. The first-order valence-electron chi connectivity index (χ1n) is 5.15. The summed E-state index contributed by atoms with van der Waals surface area (Å²) >= 11 is 0. The van der Waals surface area contributed by atoms with Gasteiger partial charge in [0.2, 0.25) is 0 Å². The minimum absolute atomic E-state index is 0.232. The van der Waals surface area contributed by atoms with Gasteiger partial charge < -0.3 is 10.6 Å². The number of hydrogen-bond acceptors (Lipinski definition) is 4. The van der Waals surface area contributed by atoms with Gasteiger partial charge in [-0.15, -0.1) is 0 Å². The first-order chi connectivity index (χ1) is 6.56. The summed E-state index contributed by atoms with van der Waals surface area (Å²) in [5.74, 6) is 0.232. The van der Waals surface area contributed by atoms with Gasteiger partial charge in [0.15, 0.2) is 0 Å². The van der Waals surface area contributed by atoms with Crippen LogP contribution in [0.5, 0.6) is 0 Å². The molecule has 2 N–H and O–H groups in total. The van der Waals surface area contributed by atoms with Gasteiger partial charge >= 0.3 is 0 Å². The molecular formula is C9H22N2O2S. The highest BCUT2D eigenvalue weighted by atomic mass is 32.2. The third-order valence-corrected chi connectivity index (χ3v) is 2.73. The average Bonchev–Trinajstić information content (AvgIpc) is 2.08. The second kappa shape index (κ2) is 8.20. The van der Waals surface area contributed by atoms with Crippen LogP contribution in [-0.4, -0.2) is 46.6 Å². The number of hydrogen-bond donors (Lipinski definition) is 2. The Bertz CT molecular complexity index is 215. The zero-order chi connectivity index (χ0) is 10.9. The molecule has 0 aliphatic carbocycles. The van der Waals surface area contributed by atoms with Gasteiger partial charge in [-0.05, 0) is 32.5 Å². The SMILES string of the molecule is CCCNCCCNCCS(C)(=O)=O. The van der Waals surface area contributed by atoms with E-state index in [4.69, 9.17) is 0 Å². The van der Waals surface area contributed by atoms with Crippen LogP contribution in [0.4, 0.5) is 0 Å². The Morgan fingerprint density at radius 2 is 1.57 bits per heavy atom. The van der Waals surface area contributed by atoms with E-state index in [9.17, 15) is 8.42 Å². The largest absolute Gasteiger partial charge is 0.317 e. The van der Waals surface area contributed by atoms with Crippen molar-refractivity contribution in [2.75, 3.05) is 38.2 Å². The van der Waals surface area contributed by atoms with Crippen LogP contribution >= 0.6 is 0 Å². The standard InChI is InChI=1S/C9H22N2O2S/c1-3-5-10-6-4-7-11-8-9-14(2,12)13/h10-11H,3-9H2,1-2H3. The van der Waals surface area contributed by atoms with Crippen LogP contribution in [-0.2, 0) is 9.84 Å². The molecule has 86 valence electrons. The molecule has 4 nitrogen and oxygen atoms in total. The lowest BCUT2D eigenvalue weighted by molar-refractivity contribution is 0.585. The zero-order valence-corrected chi connectivity index (χ0v) is 9.99. The van der Waals surface area contributed by atoms with Crippen molar-refractivity contribution in [1.29, 1.82) is 0 Å². The van der Waals surface area contributed by atoms with Gasteiger partial charge in [0.05, 0.1) is 5.75 Å². The molecular weight excluding hydrogens is 200 g/mol. The van der Waals surface area contributed by atoms with E-state index < -0.39 is 9.84 Å². The van der Waals surface area contributed by atoms with E-state index in [2.05, 4.69) is 17.6 Å². The number of nitrogens with one attached hydrogen (secondary N) is 2. The molecule has 0 bridgehead atoms. The molecule has 0 aromatic carbocycles. The highest BCUT2D eigenvalue weighted by Crippen LogP contribution is 1.80. The van der Waals surface area contributed by atoms with E-state index in [-0.39, 0.29) is 5.75 Å². The van der Waals surface area contributed by atoms with Crippen LogP contribution in [0.15, 0.2) is 0 Å². The summed E-state index contributed by atoms with van der Waals surface area (Å²) in [5.41, 5.74) is 0. The van der Waals surface area contributed by atoms with Crippen LogP contribution < -0.4 is 10.6 Å². The normalized spacial score (nSPS) is 11.9. The summed E-state index contributed by atoms with van der Waals surface area (Å²) < 4.78 is 21.5. The summed E-state index contributed by atoms with van der Waals surface area (Å²) in [6.07, 6.45) is 3.46. The minimum atomic E-state index is -2.80. The van der Waals surface area contributed by atoms with Crippen molar-refractivity contribution < 1.29 is 8.42 Å². The molecule has 0 aliphatic heterocycles. The maximum Gasteiger partial charge on any atom is 0.148 e. The third-order valence-electron chi connectivity index (χ3n) is 1.78. The van der Waals surface area contributed by atoms with Crippen molar-refractivity contribution in [3.63, 3.8) is 0 Å². The molecule has 5 heteroatoms. The molecule has 0 unspecified atom stereocenters. The lowest BCUT2D eigenvalue weighted by atomic mass is 10.4. The summed E-state index contributed by atoms with van der Waals surface area (Å²) in [6.45, 7) is 5.64. The second-order valence-electron chi connectivity index (χ2n) is 3.48. The molecule has 0 amide bonds. The molecule has 0 aromatic heterocycles. The van der Waals surface area contributed by atoms with Crippen molar-refractivity contribution in [1.82, 2.24) is 10.6 Å². The van der Waals surface area contributed by atoms with E-state index >= 15 is 0 Å². The highest BCUT2D eigenvalue weighted by Gasteiger charge is 1.99. The van der Waals surface area contributed by atoms with Crippen molar-refractivity contribution >= 4 is 9.84 Å². The molecule has 0 saturated heterocycles. The number of sulfone groups is 1. The molecule has 0 spiro atoms. The summed E-state index contributed by atoms with van der Waals surface area (Å²) in [5, 5.41) is 6.38. The van der Waals surface area contributed by atoms with Gasteiger partial charge in [0.1, 0.15) is 9.84 Å². The molecule has 0 atom stereocenters. The molecule has 0 radical (unpaired) electrons. The monoisotopic (exact) mass is 222 g/mol. The first kappa shape index (κ1) is 13.9. The molecule has 0 rings (SSSR count). The molecule has 0 fully saturated rings. The highest BCUT2D eigenvalue weighted by molar-refractivity contribution is 7.90. The molecule has 0 heterocycles. The Hall–Kier alpha value is -0.130. The van der Waals surface area contributed by atoms with Gasteiger partial charge in [-0.25, -0.2) is 8.42 Å². The zero-order valence-electron chi connectivity index (χ0n) is 9.17. The fourth-order valence-corrected chi connectivity index (χ4v) is 1.54. The maximum absolute atomic E-state index is 10.8. The summed E-state index contributed by atoms with van der Waals surface area (Å²) in [7, 11) is -2.80. The van der Waals surface area contributed by atoms with Crippen LogP contribution in [0, 0.1) is 0 Å². The Labute approximate surface area is 87.4 Å². The van der Waals surface area contributed by atoms with E-state index in [0.29, 0.717) is 6.54 Å². The number of rotatable bonds is 9. The fraction of sp³-hybridized carbons (Fsp3) is 1.00. The van der Waals surface area contributed by atoms with Crippen LogP contribution in [0.3, 0.4) is 0 Å². The molecule has 0 aliphatic rings. The molecule has 0 aromatic rings. The van der Waals surface area contributed by atoms with Crippen LogP contribution in [0.1, 0.15) is 19.8 Å². The maximum atomic E-state index is 10.8. The first-order valence-corrected chi connectivity index (χ1v) is 7.21. The van der Waals surface area contributed by atoms with Crippen LogP contribution in [0.2, 0.25) is 0 Å². The molecule has 0 saturated carbocycles. The van der Waals surface area contributed by atoms with Crippen molar-refractivity contribution in [2.24, 2.45) is 0 Å². The Morgan fingerprint density at radius 1 is 1.00 bits per heavy atom. The predicted octanol–water partition coefficient (Wildman–Crippen LogP) is 0.0103. The van der Waals surface area contributed by atoms with E-state index in [1.165, 1.54) is 6.26 Å². The van der Waals surface area contributed by atoms with Crippen molar-refractivity contribution in [3.05, 3.63) is 0 Å². The Balaban J connectivity index is 3.07. The van der Waals surface area contributed by atoms with E-state index in [1.807, 2.05) is 0 Å². The summed E-state index contributed by atoms with van der Waals surface area (Å²) in [6, 6.07) is 0. The molecule has 14 heavy (non-hydrogen) atoms.